The van der Waals surface area contributed by atoms with E-state index in [-0.39, 0.29) is 18.4 Å². The molecule has 1 aliphatic heterocycles. The highest BCUT2D eigenvalue weighted by Crippen LogP contribution is 2.25. The number of rotatable bonds is 4. The Labute approximate surface area is 151 Å². The van der Waals surface area contributed by atoms with Crippen molar-refractivity contribution in [2.24, 2.45) is 7.05 Å². The Morgan fingerprint density at radius 3 is 2.81 bits per heavy atom. The van der Waals surface area contributed by atoms with Gasteiger partial charge in [0.2, 0.25) is 11.7 Å². The second-order valence-corrected chi connectivity index (χ2v) is 6.73. The van der Waals surface area contributed by atoms with E-state index in [0.717, 1.165) is 24.4 Å². The van der Waals surface area contributed by atoms with E-state index in [4.69, 9.17) is 0 Å². The molecule has 3 heterocycles. The maximum absolute atomic E-state index is 12.6. The van der Waals surface area contributed by atoms with Gasteiger partial charge in [-0.25, -0.2) is 4.98 Å². The Bertz CT molecular complexity index is 912. The third-order valence-electron chi connectivity index (χ3n) is 4.80. The van der Waals surface area contributed by atoms with Crippen molar-refractivity contribution in [2.45, 2.75) is 25.8 Å². The highest BCUT2D eigenvalue weighted by Gasteiger charge is 2.29. The Balaban J connectivity index is 1.40. The Kier molecular flexibility index (Phi) is 4.24. The van der Waals surface area contributed by atoms with Crippen molar-refractivity contribution in [1.82, 2.24) is 34.7 Å². The summed E-state index contributed by atoms with van der Waals surface area (Å²) in [5.41, 5.74) is 2.07. The number of benzene rings is 1. The smallest absolute Gasteiger partial charge is 0.246 e. The molecular formula is C18H21N7O. The summed E-state index contributed by atoms with van der Waals surface area (Å²) >= 11 is 0. The minimum Gasteiger partial charge on any atom is -0.340 e. The Morgan fingerprint density at radius 1 is 1.27 bits per heavy atom. The third kappa shape index (κ3) is 3.22. The van der Waals surface area contributed by atoms with Gasteiger partial charge in [-0.2, -0.15) is 4.80 Å². The topological polar surface area (TPSA) is 81.7 Å². The highest BCUT2D eigenvalue weighted by atomic mass is 16.2. The predicted molar refractivity (Wildman–Crippen MR) is 95.1 cm³/mol. The van der Waals surface area contributed by atoms with Crippen LogP contribution in [0.4, 0.5) is 0 Å². The number of carbonyl (C=O) groups excluding carboxylic acids is 1. The first-order valence-corrected chi connectivity index (χ1v) is 8.70. The van der Waals surface area contributed by atoms with Crippen LogP contribution in [-0.2, 0) is 18.4 Å². The molecule has 1 amide bonds. The lowest BCUT2D eigenvalue weighted by Crippen LogP contribution is -2.32. The van der Waals surface area contributed by atoms with Crippen molar-refractivity contribution in [3.05, 3.63) is 48.0 Å². The van der Waals surface area contributed by atoms with Crippen LogP contribution < -0.4 is 0 Å². The average molecular weight is 351 g/mol. The maximum atomic E-state index is 12.6. The number of hydrogen-bond acceptors (Lipinski definition) is 5. The number of amides is 1. The number of carbonyl (C=O) groups is 1. The molecule has 0 bridgehead atoms. The van der Waals surface area contributed by atoms with Crippen molar-refractivity contribution in [2.75, 3.05) is 13.1 Å². The molecule has 1 fully saturated rings. The number of imidazole rings is 1. The standard InChI is InChI=1S/C18H21N7O/c1-13-3-5-14(6-4-13)17-20-22-25(21-17)12-16(26)24-9-7-15(11-24)18-19-8-10-23(18)2/h3-6,8,10,15H,7,9,11-12H2,1-2H3. The SMILES string of the molecule is Cc1ccc(-c2nnn(CC(=O)N3CCC(c4nccn4C)C3)n2)cc1. The van der Waals surface area contributed by atoms with Gasteiger partial charge in [-0.3, -0.25) is 4.79 Å². The molecular weight excluding hydrogens is 330 g/mol. The second-order valence-electron chi connectivity index (χ2n) is 6.73. The molecule has 0 spiro atoms. The van der Waals surface area contributed by atoms with Gasteiger partial charge in [0.25, 0.3) is 0 Å². The van der Waals surface area contributed by atoms with Crippen LogP contribution in [-0.4, -0.2) is 53.7 Å². The molecule has 1 unspecified atom stereocenters. The summed E-state index contributed by atoms with van der Waals surface area (Å²) in [4.78, 5) is 20.2. The summed E-state index contributed by atoms with van der Waals surface area (Å²) < 4.78 is 2.02. The van der Waals surface area contributed by atoms with Crippen LogP contribution in [0.25, 0.3) is 11.4 Å². The number of likely N-dealkylation sites (tertiary alicyclic amines) is 1. The molecule has 4 rings (SSSR count). The average Bonchev–Trinajstić information content (AvgIpc) is 3.35. The van der Waals surface area contributed by atoms with Crippen LogP contribution in [0.2, 0.25) is 0 Å². The quantitative estimate of drug-likeness (QED) is 0.710. The van der Waals surface area contributed by atoms with Crippen molar-refractivity contribution >= 4 is 5.91 Å². The fourth-order valence-corrected chi connectivity index (χ4v) is 3.32. The molecule has 1 atom stereocenters. The summed E-state index contributed by atoms with van der Waals surface area (Å²) in [6, 6.07) is 7.92. The van der Waals surface area contributed by atoms with Crippen molar-refractivity contribution in [3.8, 4) is 11.4 Å². The van der Waals surface area contributed by atoms with E-state index in [0.29, 0.717) is 12.4 Å². The number of nitrogens with zero attached hydrogens (tertiary/aromatic N) is 7. The van der Waals surface area contributed by atoms with Gasteiger partial charge >= 0.3 is 0 Å². The zero-order valence-electron chi connectivity index (χ0n) is 14.9. The first kappa shape index (κ1) is 16.4. The highest BCUT2D eigenvalue weighted by molar-refractivity contribution is 5.76. The summed E-state index contributed by atoms with van der Waals surface area (Å²) in [5, 5.41) is 12.4. The van der Waals surface area contributed by atoms with E-state index < -0.39 is 0 Å². The first-order valence-electron chi connectivity index (χ1n) is 8.70. The summed E-state index contributed by atoms with van der Waals surface area (Å²) in [6.45, 7) is 3.55. The maximum Gasteiger partial charge on any atom is 0.246 e. The van der Waals surface area contributed by atoms with Crippen molar-refractivity contribution in [1.29, 1.82) is 0 Å². The van der Waals surface area contributed by atoms with Crippen LogP contribution >= 0.6 is 0 Å². The largest absolute Gasteiger partial charge is 0.340 e. The minimum atomic E-state index is 0.00886. The molecule has 0 aliphatic carbocycles. The van der Waals surface area contributed by atoms with Gasteiger partial charge < -0.3 is 9.47 Å². The van der Waals surface area contributed by atoms with Crippen molar-refractivity contribution < 1.29 is 4.79 Å². The van der Waals surface area contributed by atoms with Gasteiger partial charge in [0.15, 0.2) is 0 Å². The summed E-state index contributed by atoms with van der Waals surface area (Å²) in [7, 11) is 1.98. The molecule has 0 radical (unpaired) electrons. The molecule has 26 heavy (non-hydrogen) atoms. The van der Waals surface area contributed by atoms with Crippen LogP contribution in [0.3, 0.4) is 0 Å². The van der Waals surface area contributed by atoms with Gasteiger partial charge in [0.05, 0.1) is 0 Å². The van der Waals surface area contributed by atoms with E-state index in [1.807, 2.05) is 53.9 Å². The number of aryl methyl sites for hydroxylation is 2. The van der Waals surface area contributed by atoms with E-state index >= 15 is 0 Å². The first-order chi connectivity index (χ1) is 12.6. The molecule has 1 aromatic carbocycles. The van der Waals surface area contributed by atoms with Crippen LogP contribution in [0.5, 0.6) is 0 Å². The molecule has 8 nitrogen and oxygen atoms in total. The molecule has 8 heteroatoms. The summed E-state index contributed by atoms with van der Waals surface area (Å²) in [5.74, 6) is 1.85. The van der Waals surface area contributed by atoms with Gasteiger partial charge in [-0.05, 0) is 18.6 Å². The summed E-state index contributed by atoms with van der Waals surface area (Å²) in [6.07, 6.45) is 4.66. The molecule has 0 N–H and O–H groups in total. The Morgan fingerprint density at radius 2 is 2.08 bits per heavy atom. The van der Waals surface area contributed by atoms with Crippen LogP contribution in [0.15, 0.2) is 36.7 Å². The van der Waals surface area contributed by atoms with Crippen LogP contribution in [0.1, 0.15) is 23.7 Å². The zero-order valence-corrected chi connectivity index (χ0v) is 14.9. The molecule has 1 aliphatic rings. The fraction of sp³-hybridized carbons (Fsp3) is 0.389. The minimum absolute atomic E-state index is 0.00886. The normalized spacial score (nSPS) is 17.0. The number of tetrazole rings is 1. The Hall–Kier alpha value is -3.03. The van der Waals surface area contributed by atoms with E-state index in [9.17, 15) is 4.79 Å². The van der Waals surface area contributed by atoms with Gasteiger partial charge in [0.1, 0.15) is 12.4 Å². The molecule has 134 valence electrons. The second kappa shape index (κ2) is 6.70. The molecule has 2 aromatic heterocycles. The fourth-order valence-electron chi connectivity index (χ4n) is 3.32. The monoisotopic (exact) mass is 351 g/mol. The van der Waals surface area contributed by atoms with E-state index in [1.54, 1.807) is 6.20 Å². The van der Waals surface area contributed by atoms with Crippen LogP contribution in [0, 0.1) is 6.92 Å². The van der Waals surface area contributed by atoms with E-state index in [1.165, 1.54) is 10.4 Å². The molecule has 3 aromatic rings. The molecule has 0 saturated carbocycles. The lowest BCUT2D eigenvalue weighted by Gasteiger charge is -2.15. The zero-order chi connectivity index (χ0) is 18.1. The van der Waals surface area contributed by atoms with Gasteiger partial charge in [-0.1, -0.05) is 29.8 Å². The predicted octanol–water partition coefficient (Wildman–Crippen LogP) is 1.40. The van der Waals surface area contributed by atoms with Crippen molar-refractivity contribution in [3.63, 3.8) is 0 Å². The lowest BCUT2D eigenvalue weighted by molar-refractivity contribution is -0.131. The van der Waals surface area contributed by atoms with E-state index in [2.05, 4.69) is 20.4 Å². The molecule has 1 saturated heterocycles. The number of hydrogen-bond donors (Lipinski definition) is 0. The lowest BCUT2D eigenvalue weighted by atomic mass is 10.1. The van der Waals surface area contributed by atoms with Gasteiger partial charge in [0, 0.05) is 44.0 Å². The number of aromatic nitrogens is 6. The third-order valence-corrected chi connectivity index (χ3v) is 4.80. The van der Waals surface area contributed by atoms with Gasteiger partial charge in [-0.15, -0.1) is 10.2 Å².